The van der Waals surface area contributed by atoms with Crippen LogP contribution in [0.15, 0.2) is 17.3 Å². The Hall–Kier alpha value is -1.51. The largest absolute Gasteiger partial charge is 0.411 e. The predicted molar refractivity (Wildman–Crippen MR) is 64.7 cm³/mol. The summed E-state index contributed by atoms with van der Waals surface area (Å²) < 4.78 is 0. The van der Waals surface area contributed by atoms with Gasteiger partial charge in [0.2, 0.25) is 0 Å². The third kappa shape index (κ3) is 1.47. The van der Waals surface area contributed by atoms with E-state index >= 15 is 0 Å². The van der Waals surface area contributed by atoms with Gasteiger partial charge in [-0.1, -0.05) is 5.16 Å². The first-order valence-electron chi connectivity index (χ1n) is 5.96. The van der Waals surface area contributed by atoms with E-state index < -0.39 is 0 Å². The van der Waals surface area contributed by atoms with Crippen molar-refractivity contribution < 1.29 is 5.21 Å². The molecule has 0 amide bonds. The normalized spacial score (nSPS) is 18.9. The maximum Gasteiger partial charge on any atom is 0.0734 e. The molecule has 0 saturated carbocycles. The molecule has 1 N–H and O–H groups in total. The van der Waals surface area contributed by atoms with Crippen LogP contribution in [0, 0.1) is 0 Å². The van der Waals surface area contributed by atoms with Gasteiger partial charge >= 0.3 is 0 Å². The van der Waals surface area contributed by atoms with Crippen LogP contribution in [0.25, 0.3) is 0 Å². The Bertz CT molecular complexity index is 409. The molecular formula is C13H16N2O. The summed E-state index contributed by atoms with van der Waals surface area (Å²) in [6.45, 7) is 2.40. The van der Waals surface area contributed by atoms with Crippen molar-refractivity contribution in [2.45, 2.75) is 25.7 Å². The van der Waals surface area contributed by atoms with Gasteiger partial charge in [-0.05, 0) is 54.5 Å². The highest BCUT2D eigenvalue weighted by Gasteiger charge is 2.23. The van der Waals surface area contributed by atoms with Crippen LogP contribution in [0.3, 0.4) is 0 Å². The van der Waals surface area contributed by atoms with Crippen molar-refractivity contribution >= 4 is 11.9 Å². The van der Waals surface area contributed by atoms with Crippen molar-refractivity contribution in [1.29, 1.82) is 0 Å². The molecule has 2 aliphatic rings. The maximum atomic E-state index is 8.61. The molecule has 84 valence electrons. The topological polar surface area (TPSA) is 35.8 Å². The highest BCUT2D eigenvalue weighted by Crippen LogP contribution is 2.35. The van der Waals surface area contributed by atoms with Crippen molar-refractivity contribution in [2.75, 3.05) is 18.0 Å². The number of anilines is 1. The summed E-state index contributed by atoms with van der Waals surface area (Å²) in [7, 11) is 0. The third-order valence-electron chi connectivity index (χ3n) is 3.56. The van der Waals surface area contributed by atoms with Gasteiger partial charge in [0.05, 0.1) is 6.21 Å². The van der Waals surface area contributed by atoms with E-state index in [1.807, 2.05) is 0 Å². The van der Waals surface area contributed by atoms with Gasteiger partial charge in [-0.3, -0.25) is 0 Å². The fourth-order valence-electron chi connectivity index (χ4n) is 2.97. The maximum absolute atomic E-state index is 8.61. The number of rotatable bonds is 1. The van der Waals surface area contributed by atoms with E-state index in [0.717, 1.165) is 18.4 Å². The van der Waals surface area contributed by atoms with Gasteiger partial charge in [0.25, 0.3) is 0 Å². The second-order valence-corrected chi connectivity index (χ2v) is 4.63. The molecule has 2 heterocycles. The molecule has 0 bridgehead atoms. The van der Waals surface area contributed by atoms with Gasteiger partial charge in [0, 0.05) is 18.8 Å². The van der Waals surface area contributed by atoms with E-state index in [2.05, 4.69) is 22.2 Å². The average molecular weight is 216 g/mol. The van der Waals surface area contributed by atoms with Crippen molar-refractivity contribution in [2.24, 2.45) is 5.16 Å². The minimum absolute atomic E-state index is 1.03. The summed E-state index contributed by atoms with van der Waals surface area (Å²) in [6, 6.07) is 4.33. The average Bonchev–Trinajstić information content (AvgIpc) is 2.30. The number of hydrogen-bond acceptors (Lipinski definition) is 3. The molecule has 0 aliphatic carbocycles. The van der Waals surface area contributed by atoms with Gasteiger partial charge < -0.3 is 10.1 Å². The van der Waals surface area contributed by atoms with E-state index in [1.165, 1.54) is 49.0 Å². The lowest BCUT2D eigenvalue weighted by Gasteiger charge is -2.37. The first-order valence-corrected chi connectivity index (χ1v) is 5.96. The Morgan fingerprint density at radius 3 is 2.31 bits per heavy atom. The summed E-state index contributed by atoms with van der Waals surface area (Å²) >= 11 is 0. The minimum Gasteiger partial charge on any atom is -0.411 e. The minimum atomic E-state index is 1.03. The molecule has 1 aromatic carbocycles. The molecule has 2 aliphatic heterocycles. The lowest BCUT2D eigenvalue weighted by atomic mass is 9.90. The van der Waals surface area contributed by atoms with Crippen LogP contribution in [0.1, 0.15) is 29.5 Å². The Labute approximate surface area is 95.4 Å². The monoisotopic (exact) mass is 216 g/mol. The molecule has 0 radical (unpaired) electrons. The number of oxime groups is 1. The molecule has 0 unspecified atom stereocenters. The highest BCUT2D eigenvalue weighted by molar-refractivity contribution is 5.82. The Morgan fingerprint density at radius 1 is 1.12 bits per heavy atom. The smallest absolute Gasteiger partial charge is 0.0734 e. The Balaban J connectivity index is 2.13. The van der Waals surface area contributed by atoms with Crippen LogP contribution in [-0.2, 0) is 12.8 Å². The standard InChI is InChI=1S/C13H16N2O/c16-14-9-10-7-11-3-1-5-15-6-2-4-12(8-10)13(11)15/h7-9,16H,1-6H2/b14-9+. The molecule has 1 aromatic rings. The lowest BCUT2D eigenvalue weighted by Crippen LogP contribution is -2.34. The van der Waals surface area contributed by atoms with E-state index in [0.29, 0.717) is 0 Å². The predicted octanol–water partition coefficient (Wildman–Crippen LogP) is 2.19. The van der Waals surface area contributed by atoms with Gasteiger partial charge in [-0.25, -0.2) is 0 Å². The van der Waals surface area contributed by atoms with Gasteiger partial charge in [0.15, 0.2) is 0 Å². The summed E-state index contributed by atoms with van der Waals surface area (Å²) in [5.41, 5.74) is 5.35. The van der Waals surface area contributed by atoms with E-state index in [1.54, 1.807) is 0 Å². The van der Waals surface area contributed by atoms with Gasteiger partial charge in [-0.2, -0.15) is 0 Å². The van der Waals surface area contributed by atoms with Crippen molar-refractivity contribution in [3.05, 3.63) is 28.8 Å². The van der Waals surface area contributed by atoms with Gasteiger partial charge in [-0.15, -0.1) is 0 Å². The SMILES string of the molecule is O/N=C/c1cc2c3c(c1)CCCN3CCC2. The number of aryl methyl sites for hydroxylation is 2. The molecule has 3 rings (SSSR count). The van der Waals surface area contributed by atoms with Crippen LogP contribution in [-0.4, -0.2) is 24.5 Å². The molecular weight excluding hydrogens is 200 g/mol. The zero-order valence-corrected chi connectivity index (χ0v) is 9.32. The first kappa shape index (κ1) is 9.70. The van der Waals surface area contributed by atoms with Gasteiger partial charge in [0.1, 0.15) is 0 Å². The van der Waals surface area contributed by atoms with Crippen LogP contribution >= 0.6 is 0 Å². The zero-order chi connectivity index (χ0) is 11.0. The lowest BCUT2D eigenvalue weighted by molar-refractivity contribution is 0.322. The van der Waals surface area contributed by atoms with Crippen molar-refractivity contribution in [1.82, 2.24) is 0 Å². The second-order valence-electron chi connectivity index (χ2n) is 4.63. The molecule has 0 fully saturated rings. The molecule has 0 saturated heterocycles. The molecule has 16 heavy (non-hydrogen) atoms. The van der Waals surface area contributed by atoms with E-state index in [-0.39, 0.29) is 0 Å². The fourth-order valence-corrected chi connectivity index (χ4v) is 2.97. The first-order chi connectivity index (χ1) is 7.88. The molecule has 3 heteroatoms. The van der Waals surface area contributed by atoms with E-state index in [9.17, 15) is 0 Å². The second kappa shape index (κ2) is 3.81. The molecule has 0 atom stereocenters. The number of benzene rings is 1. The van der Waals surface area contributed by atoms with Crippen LogP contribution in [0.2, 0.25) is 0 Å². The number of hydrogen-bond donors (Lipinski definition) is 1. The van der Waals surface area contributed by atoms with Crippen molar-refractivity contribution in [3.8, 4) is 0 Å². The number of nitrogens with zero attached hydrogens (tertiary/aromatic N) is 2. The zero-order valence-electron chi connectivity index (χ0n) is 9.32. The Kier molecular flexibility index (Phi) is 2.31. The Morgan fingerprint density at radius 2 is 1.75 bits per heavy atom. The molecule has 0 aromatic heterocycles. The summed E-state index contributed by atoms with van der Waals surface area (Å²) in [5.74, 6) is 0. The fraction of sp³-hybridized carbons (Fsp3) is 0.462. The quantitative estimate of drug-likeness (QED) is 0.444. The van der Waals surface area contributed by atoms with Crippen LogP contribution in [0.5, 0.6) is 0 Å². The molecule has 0 spiro atoms. The summed E-state index contributed by atoms with van der Waals surface area (Å²) in [6.07, 6.45) is 6.33. The summed E-state index contributed by atoms with van der Waals surface area (Å²) in [5, 5.41) is 11.7. The van der Waals surface area contributed by atoms with Crippen LogP contribution < -0.4 is 4.90 Å². The highest BCUT2D eigenvalue weighted by atomic mass is 16.4. The third-order valence-corrected chi connectivity index (χ3v) is 3.56. The summed E-state index contributed by atoms with van der Waals surface area (Å²) in [4.78, 5) is 2.51. The van der Waals surface area contributed by atoms with E-state index in [4.69, 9.17) is 5.21 Å². The molecule has 3 nitrogen and oxygen atoms in total. The van der Waals surface area contributed by atoms with Crippen molar-refractivity contribution in [3.63, 3.8) is 0 Å². The van der Waals surface area contributed by atoms with Crippen LogP contribution in [0.4, 0.5) is 5.69 Å².